The SMILES string of the molecule is COc1cccc(NC(=O)[C@H](NC2CCN(C(=O)c3ccco3)CC2)c2ccccc2)c1. The summed E-state index contributed by atoms with van der Waals surface area (Å²) in [6.45, 7) is 1.21. The van der Waals surface area contributed by atoms with Gasteiger partial charge in [-0.1, -0.05) is 36.4 Å². The number of nitrogens with zero attached hydrogens (tertiary/aromatic N) is 1. The summed E-state index contributed by atoms with van der Waals surface area (Å²) in [6.07, 6.45) is 3.01. The minimum absolute atomic E-state index is 0.0937. The molecule has 4 rings (SSSR count). The molecule has 1 fully saturated rings. The van der Waals surface area contributed by atoms with Crippen LogP contribution in [0.5, 0.6) is 5.75 Å². The fourth-order valence-corrected chi connectivity index (χ4v) is 3.93. The first-order valence-electron chi connectivity index (χ1n) is 10.7. The van der Waals surface area contributed by atoms with Crippen LogP contribution in [0.15, 0.2) is 77.4 Å². The van der Waals surface area contributed by atoms with Crippen LogP contribution >= 0.6 is 0 Å². The number of rotatable bonds is 7. The summed E-state index contributed by atoms with van der Waals surface area (Å²) in [6, 6.07) is 20.0. The highest BCUT2D eigenvalue weighted by Gasteiger charge is 2.29. The predicted octanol–water partition coefficient (Wildman–Crippen LogP) is 3.86. The lowest BCUT2D eigenvalue weighted by Crippen LogP contribution is -2.47. The molecule has 2 heterocycles. The summed E-state index contributed by atoms with van der Waals surface area (Å²) in [5, 5.41) is 6.50. The summed E-state index contributed by atoms with van der Waals surface area (Å²) in [4.78, 5) is 27.5. The zero-order valence-electron chi connectivity index (χ0n) is 18.0. The zero-order valence-corrected chi connectivity index (χ0v) is 18.0. The van der Waals surface area contributed by atoms with Crippen molar-refractivity contribution in [3.05, 3.63) is 84.3 Å². The van der Waals surface area contributed by atoms with Crippen molar-refractivity contribution < 1.29 is 18.7 Å². The lowest BCUT2D eigenvalue weighted by atomic mass is 10.00. The lowest BCUT2D eigenvalue weighted by Gasteiger charge is -2.34. The summed E-state index contributed by atoms with van der Waals surface area (Å²) < 4.78 is 10.5. The van der Waals surface area contributed by atoms with Crippen LogP contribution in [0, 0.1) is 0 Å². The molecule has 0 aliphatic carbocycles. The number of hydrogen-bond acceptors (Lipinski definition) is 5. The zero-order chi connectivity index (χ0) is 22.3. The van der Waals surface area contributed by atoms with Crippen LogP contribution in [0.2, 0.25) is 0 Å². The summed E-state index contributed by atoms with van der Waals surface area (Å²) >= 11 is 0. The number of methoxy groups -OCH3 is 1. The highest BCUT2D eigenvalue weighted by Crippen LogP contribution is 2.22. The van der Waals surface area contributed by atoms with Gasteiger partial charge in [0.2, 0.25) is 5.91 Å². The Bertz CT molecular complexity index is 1030. The molecule has 0 saturated carbocycles. The van der Waals surface area contributed by atoms with Crippen LogP contribution < -0.4 is 15.4 Å². The van der Waals surface area contributed by atoms with Gasteiger partial charge in [0.15, 0.2) is 5.76 Å². The van der Waals surface area contributed by atoms with Crippen molar-refractivity contribution in [2.45, 2.75) is 24.9 Å². The number of amides is 2. The highest BCUT2D eigenvalue weighted by molar-refractivity contribution is 5.95. The van der Waals surface area contributed by atoms with Crippen molar-refractivity contribution in [3.63, 3.8) is 0 Å². The molecule has 2 N–H and O–H groups in total. The molecule has 0 radical (unpaired) electrons. The normalized spacial score (nSPS) is 15.2. The van der Waals surface area contributed by atoms with Gasteiger partial charge in [-0.2, -0.15) is 0 Å². The first-order chi connectivity index (χ1) is 15.6. The van der Waals surface area contributed by atoms with Crippen LogP contribution in [0.3, 0.4) is 0 Å². The molecule has 0 unspecified atom stereocenters. The third-order valence-electron chi connectivity index (χ3n) is 5.65. The van der Waals surface area contributed by atoms with E-state index in [1.807, 2.05) is 48.5 Å². The van der Waals surface area contributed by atoms with Crippen molar-refractivity contribution in [1.29, 1.82) is 0 Å². The number of carbonyl (C=O) groups excluding carboxylic acids is 2. The fourth-order valence-electron chi connectivity index (χ4n) is 3.93. The van der Waals surface area contributed by atoms with Crippen molar-refractivity contribution in [1.82, 2.24) is 10.2 Å². The number of likely N-dealkylation sites (tertiary alicyclic amines) is 1. The van der Waals surface area contributed by atoms with E-state index in [-0.39, 0.29) is 17.9 Å². The molecule has 3 aromatic rings. The Hall–Kier alpha value is -3.58. The Morgan fingerprint density at radius 2 is 1.81 bits per heavy atom. The number of ether oxygens (including phenoxy) is 1. The molecule has 1 aliphatic rings. The standard InChI is InChI=1S/C25H27N3O4/c1-31-21-10-5-9-20(17-21)27-24(29)23(18-7-3-2-4-8-18)26-19-12-14-28(15-13-19)25(30)22-11-6-16-32-22/h2-11,16-17,19,23,26H,12-15H2,1H3,(H,27,29)/t23-/m1/s1. The fraction of sp³-hybridized carbons (Fsp3) is 0.280. The van der Waals surface area contributed by atoms with Gasteiger partial charge in [-0.15, -0.1) is 0 Å². The summed E-state index contributed by atoms with van der Waals surface area (Å²) in [5.41, 5.74) is 1.57. The van der Waals surface area contributed by atoms with Crippen LogP contribution in [-0.2, 0) is 4.79 Å². The average Bonchev–Trinajstić information content (AvgIpc) is 3.38. The Labute approximate surface area is 187 Å². The van der Waals surface area contributed by atoms with E-state index in [1.54, 1.807) is 30.2 Å². The average molecular weight is 434 g/mol. The Morgan fingerprint density at radius 1 is 1.03 bits per heavy atom. The van der Waals surface area contributed by atoms with Crippen LogP contribution in [0.1, 0.15) is 35.0 Å². The molecule has 1 aliphatic heterocycles. The number of nitrogens with one attached hydrogen (secondary N) is 2. The smallest absolute Gasteiger partial charge is 0.289 e. The molecule has 1 atom stereocenters. The molecular formula is C25H27N3O4. The van der Waals surface area contributed by atoms with E-state index in [9.17, 15) is 9.59 Å². The second-order valence-electron chi connectivity index (χ2n) is 7.78. The predicted molar refractivity (Wildman–Crippen MR) is 122 cm³/mol. The van der Waals surface area contributed by atoms with E-state index >= 15 is 0 Å². The quantitative estimate of drug-likeness (QED) is 0.591. The maximum absolute atomic E-state index is 13.2. The molecule has 0 spiro atoms. The van der Waals surface area contributed by atoms with Crippen LogP contribution in [-0.4, -0.2) is 43.0 Å². The Kier molecular flexibility index (Phi) is 6.87. The van der Waals surface area contributed by atoms with Gasteiger partial charge in [0.25, 0.3) is 5.91 Å². The molecule has 166 valence electrons. The lowest BCUT2D eigenvalue weighted by molar-refractivity contribution is -0.118. The van der Waals surface area contributed by atoms with E-state index in [4.69, 9.17) is 9.15 Å². The number of hydrogen-bond donors (Lipinski definition) is 2. The first kappa shape index (κ1) is 21.6. The molecule has 2 amide bonds. The van der Waals surface area contributed by atoms with Crippen LogP contribution in [0.4, 0.5) is 5.69 Å². The number of anilines is 1. The third-order valence-corrected chi connectivity index (χ3v) is 5.65. The van der Waals surface area contributed by atoms with Crippen molar-refractivity contribution in [2.75, 3.05) is 25.5 Å². The number of carbonyl (C=O) groups is 2. The molecule has 2 aromatic carbocycles. The first-order valence-corrected chi connectivity index (χ1v) is 10.7. The number of benzene rings is 2. The van der Waals surface area contributed by atoms with Gasteiger partial charge in [0, 0.05) is 30.9 Å². The largest absolute Gasteiger partial charge is 0.497 e. The van der Waals surface area contributed by atoms with E-state index in [0.717, 1.165) is 18.4 Å². The second kappa shape index (κ2) is 10.2. The van der Waals surface area contributed by atoms with Gasteiger partial charge >= 0.3 is 0 Å². The molecule has 7 heteroatoms. The van der Waals surface area contributed by atoms with E-state index in [0.29, 0.717) is 30.3 Å². The molecule has 7 nitrogen and oxygen atoms in total. The van der Waals surface area contributed by atoms with Gasteiger partial charge in [-0.25, -0.2) is 0 Å². The summed E-state index contributed by atoms with van der Waals surface area (Å²) in [5.74, 6) is 0.805. The number of piperidine rings is 1. The molecule has 1 aromatic heterocycles. The van der Waals surface area contributed by atoms with Crippen molar-refractivity contribution >= 4 is 17.5 Å². The monoisotopic (exact) mass is 433 g/mol. The Balaban J connectivity index is 1.42. The Morgan fingerprint density at radius 3 is 2.50 bits per heavy atom. The molecule has 1 saturated heterocycles. The maximum Gasteiger partial charge on any atom is 0.289 e. The van der Waals surface area contributed by atoms with Gasteiger partial charge in [0.05, 0.1) is 13.4 Å². The van der Waals surface area contributed by atoms with Gasteiger partial charge < -0.3 is 19.4 Å². The topological polar surface area (TPSA) is 83.8 Å². The third kappa shape index (κ3) is 5.18. The van der Waals surface area contributed by atoms with Crippen LogP contribution in [0.25, 0.3) is 0 Å². The van der Waals surface area contributed by atoms with E-state index < -0.39 is 6.04 Å². The van der Waals surface area contributed by atoms with Gasteiger partial charge in [-0.05, 0) is 42.7 Å². The summed E-state index contributed by atoms with van der Waals surface area (Å²) in [7, 11) is 1.60. The van der Waals surface area contributed by atoms with Gasteiger partial charge in [-0.3, -0.25) is 14.9 Å². The molecular weight excluding hydrogens is 406 g/mol. The second-order valence-corrected chi connectivity index (χ2v) is 7.78. The minimum Gasteiger partial charge on any atom is -0.497 e. The van der Waals surface area contributed by atoms with Gasteiger partial charge in [0.1, 0.15) is 11.8 Å². The van der Waals surface area contributed by atoms with Crippen molar-refractivity contribution in [3.8, 4) is 5.75 Å². The highest BCUT2D eigenvalue weighted by atomic mass is 16.5. The van der Waals surface area contributed by atoms with E-state index in [2.05, 4.69) is 10.6 Å². The maximum atomic E-state index is 13.2. The molecule has 32 heavy (non-hydrogen) atoms. The van der Waals surface area contributed by atoms with E-state index in [1.165, 1.54) is 6.26 Å². The number of furan rings is 1. The van der Waals surface area contributed by atoms with Crippen molar-refractivity contribution in [2.24, 2.45) is 0 Å². The molecule has 0 bridgehead atoms. The minimum atomic E-state index is -0.514.